The van der Waals surface area contributed by atoms with Crippen molar-refractivity contribution in [2.45, 2.75) is 44.1 Å². The second-order valence-corrected chi connectivity index (χ2v) is 7.95. The largest absolute Gasteiger partial charge is 0.504 e. The van der Waals surface area contributed by atoms with Crippen molar-refractivity contribution in [1.82, 2.24) is 0 Å². The number of rotatable bonds is 8. The van der Waals surface area contributed by atoms with E-state index in [-0.39, 0.29) is 23.5 Å². The van der Waals surface area contributed by atoms with Gasteiger partial charge >= 0.3 is 11.9 Å². The third kappa shape index (κ3) is 6.58. The number of methoxy groups -OCH3 is 1. The number of carbonyl (C=O) groups excluding carboxylic acids is 2. The van der Waals surface area contributed by atoms with Gasteiger partial charge in [-0.3, -0.25) is 4.79 Å². The van der Waals surface area contributed by atoms with Crippen LogP contribution in [0.1, 0.15) is 18.1 Å². The first-order valence-electron chi connectivity index (χ1n) is 10.9. The highest BCUT2D eigenvalue weighted by atomic mass is 16.7. The zero-order valence-corrected chi connectivity index (χ0v) is 19.2. The summed E-state index contributed by atoms with van der Waals surface area (Å²) >= 11 is 0. The topological polar surface area (TPSA) is 152 Å². The molecule has 3 rings (SSSR count). The van der Waals surface area contributed by atoms with E-state index < -0.39 is 49.3 Å². The van der Waals surface area contributed by atoms with Gasteiger partial charge in [-0.1, -0.05) is 36.4 Å². The number of hydrogen-bond donors (Lipinski definition) is 4. The second-order valence-electron chi connectivity index (χ2n) is 7.95. The molecule has 2 aromatic carbocycles. The summed E-state index contributed by atoms with van der Waals surface area (Å²) in [6, 6.07) is 13.6. The summed E-state index contributed by atoms with van der Waals surface area (Å²) in [5.74, 6) is -1.51. The van der Waals surface area contributed by atoms with Gasteiger partial charge in [0, 0.05) is 18.9 Å². The molecule has 1 aliphatic heterocycles. The predicted molar refractivity (Wildman–Crippen MR) is 122 cm³/mol. The summed E-state index contributed by atoms with van der Waals surface area (Å²) in [7, 11) is 1.40. The fraction of sp³-hybridized carbons (Fsp3) is 0.360. The molecule has 0 spiro atoms. The summed E-state index contributed by atoms with van der Waals surface area (Å²) in [4.78, 5) is 24.9. The van der Waals surface area contributed by atoms with Crippen LogP contribution in [0, 0.1) is 0 Å². The second kappa shape index (κ2) is 11.8. The fourth-order valence-corrected chi connectivity index (χ4v) is 3.69. The molecule has 0 aromatic heterocycles. The van der Waals surface area contributed by atoms with Crippen molar-refractivity contribution in [3.05, 3.63) is 65.2 Å². The van der Waals surface area contributed by atoms with Gasteiger partial charge in [0.2, 0.25) is 0 Å². The molecular formula is C25H28O10. The van der Waals surface area contributed by atoms with E-state index in [1.54, 1.807) is 6.07 Å². The zero-order chi connectivity index (χ0) is 25.5. The Morgan fingerprint density at radius 3 is 2.40 bits per heavy atom. The summed E-state index contributed by atoms with van der Waals surface area (Å²) in [6.07, 6.45) is -5.91. The van der Waals surface area contributed by atoms with Crippen LogP contribution in [-0.2, 0) is 30.2 Å². The average molecular weight is 488 g/mol. The summed E-state index contributed by atoms with van der Waals surface area (Å²) in [6.45, 7) is 0.443. The Balaban J connectivity index is 1.93. The Morgan fingerprint density at radius 2 is 1.77 bits per heavy atom. The SMILES string of the molecule is COc1cc(C=C(Cc2ccccc2)C(=O)OC2C(O)OC(CO)C(O)C2OC(C)=O)ccc1O. The molecular weight excluding hydrogens is 460 g/mol. The normalized spacial score (nSPS) is 24.5. The first-order valence-corrected chi connectivity index (χ1v) is 10.9. The monoisotopic (exact) mass is 488 g/mol. The minimum atomic E-state index is -1.77. The van der Waals surface area contributed by atoms with Crippen LogP contribution < -0.4 is 4.74 Å². The molecule has 10 heteroatoms. The maximum Gasteiger partial charge on any atom is 0.334 e. The van der Waals surface area contributed by atoms with E-state index in [4.69, 9.17) is 18.9 Å². The number of aliphatic hydroxyl groups excluding tert-OH is 3. The van der Waals surface area contributed by atoms with E-state index in [2.05, 4.69) is 0 Å². The molecule has 0 bridgehead atoms. The van der Waals surface area contributed by atoms with Gasteiger partial charge in [-0.2, -0.15) is 0 Å². The predicted octanol–water partition coefficient (Wildman–Crippen LogP) is 0.941. The lowest BCUT2D eigenvalue weighted by Crippen LogP contribution is -2.61. The molecule has 35 heavy (non-hydrogen) atoms. The van der Waals surface area contributed by atoms with Crippen LogP contribution in [0.25, 0.3) is 6.08 Å². The molecule has 1 fully saturated rings. The number of aromatic hydroxyl groups is 1. The number of phenols is 1. The van der Waals surface area contributed by atoms with Gasteiger partial charge in [0.05, 0.1) is 13.7 Å². The molecule has 5 unspecified atom stereocenters. The molecule has 4 N–H and O–H groups in total. The van der Waals surface area contributed by atoms with Crippen molar-refractivity contribution in [2.24, 2.45) is 0 Å². The molecule has 1 saturated heterocycles. The Hall–Kier alpha value is -3.44. The van der Waals surface area contributed by atoms with Crippen LogP contribution in [0.15, 0.2) is 54.1 Å². The fourth-order valence-electron chi connectivity index (χ4n) is 3.69. The Kier molecular flexibility index (Phi) is 8.83. The van der Waals surface area contributed by atoms with E-state index in [0.717, 1.165) is 12.5 Å². The lowest BCUT2D eigenvalue weighted by molar-refractivity contribution is -0.292. The number of benzene rings is 2. The highest BCUT2D eigenvalue weighted by molar-refractivity contribution is 5.94. The van der Waals surface area contributed by atoms with Crippen molar-refractivity contribution in [1.29, 1.82) is 0 Å². The molecule has 1 heterocycles. The van der Waals surface area contributed by atoms with Crippen LogP contribution in [0.3, 0.4) is 0 Å². The van der Waals surface area contributed by atoms with Crippen LogP contribution >= 0.6 is 0 Å². The van der Waals surface area contributed by atoms with E-state index in [0.29, 0.717) is 5.56 Å². The lowest BCUT2D eigenvalue weighted by atomic mass is 9.98. The van der Waals surface area contributed by atoms with Gasteiger partial charge < -0.3 is 39.4 Å². The number of aliphatic hydroxyl groups is 3. The first kappa shape index (κ1) is 26.2. The summed E-state index contributed by atoms with van der Waals surface area (Å²) in [5, 5.41) is 40.1. The molecule has 0 amide bonds. The van der Waals surface area contributed by atoms with Gasteiger partial charge in [-0.05, 0) is 29.3 Å². The zero-order valence-electron chi connectivity index (χ0n) is 19.2. The van der Waals surface area contributed by atoms with Crippen molar-refractivity contribution in [3.63, 3.8) is 0 Å². The smallest absolute Gasteiger partial charge is 0.334 e. The highest BCUT2D eigenvalue weighted by Crippen LogP contribution is 2.29. The Bertz CT molecular complexity index is 1050. The standard InChI is InChI=1S/C25H28O10/c1-14(27)33-22-21(29)20(13-26)34-25(31)23(22)35-24(30)17(10-15-6-4-3-5-7-15)11-16-8-9-18(28)19(12-16)32-2/h3-9,11-12,20-23,25-26,28-29,31H,10,13H2,1-2H3. The van der Waals surface area contributed by atoms with Crippen LogP contribution in [0.4, 0.5) is 0 Å². The third-order valence-electron chi connectivity index (χ3n) is 5.41. The summed E-state index contributed by atoms with van der Waals surface area (Å²) < 4.78 is 20.9. The third-order valence-corrected chi connectivity index (χ3v) is 5.41. The maximum atomic E-state index is 13.3. The molecule has 2 aromatic rings. The Morgan fingerprint density at radius 1 is 1.06 bits per heavy atom. The molecule has 10 nitrogen and oxygen atoms in total. The van der Waals surface area contributed by atoms with E-state index in [1.807, 2.05) is 30.3 Å². The van der Waals surface area contributed by atoms with Crippen molar-refractivity contribution in [3.8, 4) is 11.5 Å². The summed E-state index contributed by atoms with van der Waals surface area (Å²) in [5.41, 5.74) is 1.48. The van der Waals surface area contributed by atoms with Gasteiger partial charge in [-0.25, -0.2) is 4.79 Å². The van der Waals surface area contributed by atoms with Crippen LogP contribution in [0.2, 0.25) is 0 Å². The number of hydrogen-bond acceptors (Lipinski definition) is 10. The van der Waals surface area contributed by atoms with Crippen LogP contribution in [-0.4, -0.2) is 76.8 Å². The lowest BCUT2D eigenvalue weighted by Gasteiger charge is -2.41. The van der Waals surface area contributed by atoms with Gasteiger partial charge in [0.15, 0.2) is 30.0 Å². The number of phenolic OH excluding ortho intramolecular Hbond substituents is 1. The van der Waals surface area contributed by atoms with Crippen molar-refractivity contribution >= 4 is 18.0 Å². The molecule has 5 atom stereocenters. The number of esters is 2. The average Bonchev–Trinajstić information content (AvgIpc) is 2.84. The molecule has 0 saturated carbocycles. The van der Waals surface area contributed by atoms with E-state index in [1.165, 1.54) is 25.3 Å². The van der Waals surface area contributed by atoms with E-state index >= 15 is 0 Å². The minimum absolute atomic E-state index is 0.0732. The maximum absolute atomic E-state index is 13.3. The van der Waals surface area contributed by atoms with Gasteiger partial charge in [0.25, 0.3) is 0 Å². The first-order chi connectivity index (χ1) is 16.7. The van der Waals surface area contributed by atoms with Gasteiger partial charge in [-0.15, -0.1) is 0 Å². The molecule has 1 aliphatic rings. The van der Waals surface area contributed by atoms with Crippen molar-refractivity contribution < 1.29 is 49.0 Å². The Labute approximate surface area is 201 Å². The molecule has 0 aliphatic carbocycles. The van der Waals surface area contributed by atoms with Crippen molar-refractivity contribution in [2.75, 3.05) is 13.7 Å². The molecule has 0 radical (unpaired) electrons. The van der Waals surface area contributed by atoms with Gasteiger partial charge in [0.1, 0.15) is 12.2 Å². The van der Waals surface area contributed by atoms with Crippen LogP contribution in [0.5, 0.6) is 11.5 Å². The highest BCUT2D eigenvalue weighted by Gasteiger charge is 2.49. The number of ether oxygens (including phenoxy) is 4. The minimum Gasteiger partial charge on any atom is -0.504 e. The quantitative estimate of drug-likeness (QED) is 0.312. The molecule has 188 valence electrons. The number of carbonyl (C=O) groups is 2. The van der Waals surface area contributed by atoms with E-state index in [9.17, 15) is 30.0 Å².